The first kappa shape index (κ1) is 23.4. The van der Waals surface area contributed by atoms with Crippen LogP contribution >= 0.6 is 0 Å². The molecular weight excluding hydrogens is 452 g/mol. The van der Waals surface area contributed by atoms with Gasteiger partial charge in [0, 0.05) is 12.6 Å². The number of nitrogen functional groups attached to an aromatic ring is 1. The molecule has 2 aliphatic heterocycles. The van der Waals surface area contributed by atoms with Crippen molar-refractivity contribution in [2.75, 3.05) is 12.3 Å². The number of β-lactam (4-membered cyclic amide) rings is 1. The molecule has 2 aliphatic rings. The number of nitrogens with two attached hydrogens (primary N) is 1. The number of aromatic nitrogens is 1. The molecule has 0 saturated carbocycles. The van der Waals surface area contributed by atoms with Crippen LogP contribution in [0.3, 0.4) is 0 Å². The summed E-state index contributed by atoms with van der Waals surface area (Å²) in [6.45, 7) is 3.43. The van der Waals surface area contributed by atoms with Crippen molar-refractivity contribution in [1.29, 1.82) is 0 Å². The van der Waals surface area contributed by atoms with E-state index in [9.17, 15) is 23.2 Å². The lowest BCUT2D eigenvalue weighted by atomic mass is 9.81. The molecule has 9 nitrogen and oxygen atoms in total. The zero-order valence-electron chi connectivity index (χ0n) is 18.5. The van der Waals surface area contributed by atoms with E-state index in [4.69, 9.17) is 10.5 Å². The van der Waals surface area contributed by atoms with Gasteiger partial charge in [0.25, 0.3) is 0 Å². The van der Waals surface area contributed by atoms with Crippen molar-refractivity contribution in [2.45, 2.75) is 44.9 Å². The molecular formula is C23H23F2N3O6. The second-order valence-electron chi connectivity index (χ2n) is 8.18. The van der Waals surface area contributed by atoms with E-state index in [0.29, 0.717) is 11.1 Å². The fraction of sp³-hybridized carbons (Fsp3) is 0.391. The van der Waals surface area contributed by atoms with Gasteiger partial charge in [-0.1, -0.05) is 13.0 Å². The number of carbonyl (C=O) groups is 3. The minimum Gasteiger partial charge on any atom is -0.464 e. The van der Waals surface area contributed by atoms with Crippen LogP contribution in [0.4, 0.5) is 14.6 Å². The molecule has 1 saturated heterocycles. The highest BCUT2D eigenvalue weighted by molar-refractivity contribution is 6.08. The van der Waals surface area contributed by atoms with Crippen molar-refractivity contribution in [2.24, 2.45) is 5.92 Å². The first-order valence-corrected chi connectivity index (χ1v) is 10.7. The van der Waals surface area contributed by atoms with Gasteiger partial charge in [-0.05, 0) is 54.7 Å². The quantitative estimate of drug-likeness (QED) is 0.479. The summed E-state index contributed by atoms with van der Waals surface area (Å²) >= 11 is 0. The number of nitrogens with zero attached hydrogens (tertiary/aromatic N) is 2. The Balaban J connectivity index is 1.48. The lowest BCUT2D eigenvalue weighted by Crippen LogP contribution is -2.67. The number of carbonyl (C=O) groups excluding carboxylic acids is 3. The largest absolute Gasteiger partial charge is 0.586 e. The maximum Gasteiger partial charge on any atom is 0.586 e. The average molecular weight is 475 g/mol. The third kappa shape index (κ3) is 4.50. The van der Waals surface area contributed by atoms with Gasteiger partial charge in [0.05, 0.1) is 12.5 Å². The number of amides is 2. The molecule has 0 spiro atoms. The second-order valence-corrected chi connectivity index (χ2v) is 8.18. The number of benzene rings is 1. The number of pyridine rings is 1. The normalized spacial score (nSPS) is 21.1. The van der Waals surface area contributed by atoms with E-state index in [2.05, 4.69) is 14.5 Å². The van der Waals surface area contributed by atoms with Gasteiger partial charge in [-0.2, -0.15) is 0 Å². The van der Waals surface area contributed by atoms with Gasteiger partial charge < -0.3 is 19.9 Å². The number of anilines is 1. The van der Waals surface area contributed by atoms with Gasteiger partial charge in [-0.25, -0.2) is 9.78 Å². The average Bonchev–Trinajstić information content (AvgIpc) is 3.08. The van der Waals surface area contributed by atoms with Gasteiger partial charge in [-0.3, -0.25) is 14.5 Å². The maximum atomic E-state index is 13.3. The van der Waals surface area contributed by atoms with E-state index in [1.54, 1.807) is 32.0 Å². The van der Waals surface area contributed by atoms with Crippen LogP contribution < -0.4 is 15.2 Å². The molecule has 3 heterocycles. The Bertz CT molecular complexity index is 1140. The first-order chi connectivity index (χ1) is 16.1. The van der Waals surface area contributed by atoms with Crippen LogP contribution in [-0.4, -0.2) is 46.6 Å². The molecule has 0 bridgehead atoms. The van der Waals surface area contributed by atoms with Crippen molar-refractivity contribution in [3.05, 3.63) is 47.7 Å². The molecule has 2 aromatic rings. The third-order valence-electron chi connectivity index (χ3n) is 5.79. The van der Waals surface area contributed by atoms with Crippen molar-refractivity contribution >= 4 is 23.6 Å². The summed E-state index contributed by atoms with van der Waals surface area (Å²) in [5, 5.41) is 0. The van der Waals surface area contributed by atoms with E-state index in [-0.39, 0.29) is 36.8 Å². The summed E-state index contributed by atoms with van der Waals surface area (Å²) in [6.07, 6.45) is -2.18. The lowest BCUT2D eigenvalue weighted by molar-refractivity contribution is -0.286. The molecule has 11 heteroatoms. The van der Waals surface area contributed by atoms with E-state index < -0.39 is 42.0 Å². The van der Waals surface area contributed by atoms with E-state index in [1.165, 1.54) is 18.3 Å². The Labute approximate surface area is 193 Å². The third-order valence-corrected chi connectivity index (χ3v) is 5.79. The standard InChI is InChI=1S/C23H23F2N3O6/c1-3-32-22(31)20-15(9-13-6-7-27-18(26)10-13)21(30)28(20)19(29)8-12(2)14-4-5-16-17(11-14)34-23(24,25)33-16/h4-7,10-12,15,20H,3,8-9H2,1-2H3,(H2,26,27)/t12?,15-,20+/m1/s1. The highest BCUT2D eigenvalue weighted by Crippen LogP contribution is 2.43. The topological polar surface area (TPSA) is 121 Å². The minimum atomic E-state index is -3.74. The highest BCUT2D eigenvalue weighted by atomic mass is 19.3. The number of hydrogen-bond donors (Lipinski definition) is 1. The van der Waals surface area contributed by atoms with E-state index in [0.717, 1.165) is 4.90 Å². The number of hydrogen-bond acceptors (Lipinski definition) is 8. The molecule has 0 radical (unpaired) electrons. The molecule has 0 aliphatic carbocycles. The number of imide groups is 1. The Kier molecular flexibility index (Phi) is 6.11. The SMILES string of the molecule is CCOC(=O)[C@@H]1[C@@H](Cc2ccnc(N)c2)C(=O)N1C(=O)CC(C)c1ccc2c(c1)OC(F)(F)O2. The molecule has 180 valence electrons. The van der Waals surface area contributed by atoms with Gasteiger partial charge in [0.2, 0.25) is 11.8 Å². The summed E-state index contributed by atoms with van der Waals surface area (Å²) in [5.41, 5.74) is 6.94. The minimum absolute atomic E-state index is 0.0959. The van der Waals surface area contributed by atoms with Gasteiger partial charge in [0.1, 0.15) is 11.9 Å². The molecule has 1 aromatic heterocycles. The monoisotopic (exact) mass is 475 g/mol. The maximum absolute atomic E-state index is 13.3. The van der Waals surface area contributed by atoms with Crippen LogP contribution in [0.1, 0.15) is 37.3 Å². The van der Waals surface area contributed by atoms with Crippen LogP contribution in [0.15, 0.2) is 36.5 Å². The Morgan fingerprint density at radius 1 is 1.24 bits per heavy atom. The fourth-order valence-corrected chi connectivity index (χ4v) is 4.15. The number of rotatable bonds is 7. The van der Waals surface area contributed by atoms with Gasteiger partial charge >= 0.3 is 12.3 Å². The van der Waals surface area contributed by atoms with Crippen LogP contribution in [-0.2, 0) is 25.5 Å². The van der Waals surface area contributed by atoms with Crippen molar-refractivity contribution in [3.8, 4) is 11.5 Å². The van der Waals surface area contributed by atoms with Gasteiger partial charge in [0.15, 0.2) is 11.5 Å². The van der Waals surface area contributed by atoms with E-state index >= 15 is 0 Å². The Hall–Kier alpha value is -3.76. The molecule has 3 atom stereocenters. The Morgan fingerprint density at radius 3 is 2.68 bits per heavy atom. The molecule has 34 heavy (non-hydrogen) atoms. The molecule has 1 unspecified atom stereocenters. The zero-order valence-corrected chi connectivity index (χ0v) is 18.5. The predicted octanol–water partition coefficient (Wildman–Crippen LogP) is 2.64. The van der Waals surface area contributed by atoms with E-state index in [1.807, 2.05) is 0 Å². The number of halogens is 2. The second kappa shape index (κ2) is 8.88. The molecule has 2 amide bonds. The van der Waals surface area contributed by atoms with Crippen molar-refractivity contribution in [1.82, 2.24) is 9.88 Å². The summed E-state index contributed by atoms with van der Waals surface area (Å²) in [7, 11) is 0. The number of ether oxygens (including phenoxy) is 3. The van der Waals surface area contributed by atoms with Crippen LogP contribution in [0, 0.1) is 5.92 Å². The Morgan fingerprint density at radius 2 is 1.97 bits per heavy atom. The molecule has 1 aromatic carbocycles. The fourth-order valence-electron chi connectivity index (χ4n) is 4.15. The lowest BCUT2D eigenvalue weighted by Gasteiger charge is -2.44. The van der Waals surface area contributed by atoms with Crippen LogP contribution in [0.2, 0.25) is 0 Å². The summed E-state index contributed by atoms with van der Waals surface area (Å²) < 4.78 is 40.5. The molecule has 2 N–H and O–H groups in total. The highest BCUT2D eigenvalue weighted by Gasteiger charge is 2.55. The molecule has 1 fully saturated rings. The number of likely N-dealkylation sites (tertiary alicyclic amines) is 1. The zero-order chi connectivity index (χ0) is 24.6. The van der Waals surface area contributed by atoms with Crippen LogP contribution in [0.25, 0.3) is 0 Å². The number of alkyl halides is 2. The first-order valence-electron chi connectivity index (χ1n) is 10.7. The smallest absolute Gasteiger partial charge is 0.464 e. The number of fused-ring (bicyclic) bond motifs is 1. The van der Waals surface area contributed by atoms with Gasteiger partial charge in [-0.15, -0.1) is 8.78 Å². The molecule has 4 rings (SSSR count). The summed E-state index contributed by atoms with van der Waals surface area (Å²) in [6, 6.07) is 6.47. The van der Waals surface area contributed by atoms with Crippen LogP contribution in [0.5, 0.6) is 11.5 Å². The van der Waals surface area contributed by atoms with Crippen molar-refractivity contribution < 1.29 is 37.4 Å². The summed E-state index contributed by atoms with van der Waals surface area (Å²) in [4.78, 5) is 43.3. The predicted molar refractivity (Wildman–Crippen MR) is 114 cm³/mol. The number of esters is 1. The summed E-state index contributed by atoms with van der Waals surface area (Å²) in [5.74, 6) is -2.91. The van der Waals surface area contributed by atoms with Crippen molar-refractivity contribution in [3.63, 3.8) is 0 Å².